The number of ether oxygens (including phenoxy) is 3. The summed E-state index contributed by atoms with van der Waals surface area (Å²) in [6, 6.07) is 5.35. The van der Waals surface area contributed by atoms with Crippen LogP contribution in [0.3, 0.4) is 0 Å². The number of nitrogens with zero attached hydrogens (tertiary/aromatic N) is 2. The van der Waals surface area contributed by atoms with Gasteiger partial charge in [-0.05, 0) is 39.8 Å². The molecule has 2 amide bonds. The second-order valence-electron chi connectivity index (χ2n) is 7.86. The van der Waals surface area contributed by atoms with E-state index in [2.05, 4.69) is 5.32 Å². The van der Waals surface area contributed by atoms with E-state index in [1.54, 1.807) is 21.9 Å². The van der Waals surface area contributed by atoms with E-state index >= 15 is 0 Å². The molecule has 0 aromatic heterocycles. The third kappa shape index (κ3) is 7.57. The van der Waals surface area contributed by atoms with Crippen LogP contribution in [0, 0.1) is 0 Å². The van der Waals surface area contributed by atoms with Crippen LogP contribution >= 0.6 is 11.6 Å². The number of piperazine rings is 1. The van der Waals surface area contributed by atoms with Crippen LogP contribution in [0.2, 0.25) is 5.02 Å². The standard InChI is InChI=1S/C21H32ClN3O5/c1-5-28-13-14-29-19-16(22)7-6-8-17(19)23-15-18(26)24-9-11-25(12-10-24)20(27)30-21(2,3)4/h6-8,23H,5,9-15H2,1-4H3. The van der Waals surface area contributed by atoms with Crippen LogP contribution in [-0.2, 0) is 14.3 Å². The van der Waals surface area contributed by atoms with Gasteiger partial charge in [0.25, 0.3) is 0 Å². The van der Waals surface area contributed by atoms with Crippen LogP contribution < -0.4 is 10.1 Å². The number of halogens is 1. The molecule has 0 bridgehead atoms. The second-order valence-corrected chi connectivity index (χ2v) is 8.27. The van der Waals surface area contributed by atoms with Crippen molar-refractivity contribution in [2.45, 2.75) is 33.3 Å². The first kappa shape index (κ1) is 24.1. The number of benzene rings is 1. The normalized spacial score (nSPS) is 14.4. The molecule has 1 aliphatic rings. The zero-order valence-corrected chi connectivity index (χ0v) is 19.0. The summed E-state index contributed by atoms with van der Waals surface area (Å²) >= 11 is 6.25. The smallest absolute Gasteiger partial charge is 0.410 e. The van der Waals surface area contributed by atoms with E-state index in [1.807, 2.05) is 33.8 Å². The highest BCUT2D eigenvalue weighted by molar-refractivity contribution is 6.32. The van der Waals surface area contributed by atoms with Gasteiger partial charge in [0.1, 0.15) is 12.2 Å². The minimum absolute atomic E-state index is 0.0564. The second kappa shape index (κ2) is 11.3. The molecule has 0 radical (unpaired) electrons. The molecule has 0 saturated carbocycles. The molecule has 1 N–H and O–H groups in total. The van der Waals surface area contributed by atoms with E-state index in [4.69, 9.17) is 25.8 Å². The van der Waals surface area contributed by atoms with Crippen molar-refractivity contribution < 1.29 is 23.8 Å². The summed E-state index contributed by atoms with van der Waals surface area (Å²) in [7, 11) is 0. The molecule has 8 nitrogen and oxygen atoms in total. The lowest BCUT2D eigenvalue weighted by Gasteiger charge is -2.35. The monoisotopic (exact) mass is 441 g/mol. The Bertz CT molecular complexity index is 715. The average Bonchev–Trinajstić information content (AvgIpc) is 2.69. The van der Waals surface area contributed by atoms with Gasteiger partial charge < -0.3 is 29.3 Å². The Morgan fingerprint density at radius 2 is 1.77 bits per heavy atom. The Morgan fingerprint density at radius 1 is 1.10 bits per heavy atom. The quantitative estimate of drug-likeness (QED) is 0.624. The van der Waals surface area contributed by atoms with Crippen LogP contribution in [0.1, 0.15) is 27.7 Å². The molecule has 0 atom stereocenters. The van der Waals surface area contributed by atoms with Crippen LogP contribution in [0.5, 0.6) is 5.75 Å². The predicted molar refractivity (Wildman–Crippen MR) is 116 cm³/mol. The number of rotatable bonds is 8. The van der Waals surface area contributed by atoms with Crippen molar-refractivity contribution in [1.82, 2.24) is 9.80 Å². The molecule has 0 unspecified atom stereocenters. The molecule has 9 heteroatoms. The maximum absolute atomic E-state index is 12.6. The maximum atomic E-state index is 12.6. The Morgan fingerprint density at radius 3 is 2.40 bits per heavy atom. The van der Waals surface area contributed by atoms with Crippen molar-refractivity contribution in [3.8, 4) is 5.75 Å². The predicted octanol–water partition coefficient (Wildman–Crippen LogP) is 3.25. The largest absolute Gasteiger partial charge is 0.487 e. The third-order valence-electron chi connectivity index (χ3n) is 4.36. The number of para-hydroxylation sites is 1. The molecule has 1 heterocycles. The minimum Gasteiger partial charge on any atom is -0.487 e. The summed E-state index contributed by atoms with van der Waals surface area (Å²) in [6.07, 6.45) is -0.347. The van der Waals surface area contributed by atoms with Gasteiger partial charge in [-0.25, -0.2) is 4.79 Å². The van der Waals surface area contributed by atoms with Gasteiger partial charge in [-0.1, -0.05) is 17.7 Å². The minimum atomic E-state index is -0.534. The molecule has 1 fully saturated rings. The molecule has 168 valence electrons. The number of anilines is 1. The summed E-state index contributed by atoms with van der Waals surface area (Å²) in [4.78, 5) is 28.1. The summed E-state index contributed by atoms with van der Waals surface area (Å²) in [5.41, 5.74) is 0.118. The molecule has 2 rings (SSSR count). The van der Waals surface area contributed by atoms with E-state index in [9.17, 15) is 9.59 Å². The Balaban J connectivity index is 1.84. The van der Waals surface area contributed by atoms with Gasteiger partial charge in [0.15, 0.2) is 5.75 Å². The summed E-state index contributed by atoms with van der Waals surface area (Å²) < 4.78 is 16.4. The molecule has 30 heavy (non-hydrogen) atoms. The Labute approximate surface area is 183 Å². The summed E-state index contributed by atoms with van der Waals surface area (Å²) in [5, 5.41) is 3.58. The average molecular weight is 442 g/mol. The van der Waals surface area contributed by atoms with Crippen molar-refractivity contribution in [3.63, 3.8) is 0 Å². The van der Waals surface area contributed by atoms with Crippen molar-refractivity contribution in [2.24, 2.45) is 0 Å². The topological polar surface area (TPSA) is 80.3 Å². The lowest BCUT2D eigenvalue weighted by atomic mass is 10.2. The molecule has 1 aliphatic heterocycles. The summed E-state index contributed by atoms with van der Waals surface area (Å²) in [6.45, 7) is 10.8. The number of amides is 2. The van der Waals surface area contributed by atoms with Crippen molar-refractivity contribution in [3.05, 3.63) is 23.2 Å². The number of nitrogens with one attached hydrogen (secondary N) is 1. The molecule has 0 aliphatic carbocycles. The molecular weight excluding hydrogens is 410 g/mol. The van der Waals surface area contributed by atoms with Gasteiger partial charge in [0.05, 0.1) is 23.9 Å². The first-order valence-electron chi connectivity index (χ1n) is 10.2. The maximum Gasteiger partial charge on any atom is 0.410 e. The molecule has 1 saturated heterocycles. The van der Waals surface area contributed by atoms with E-state index in [-0.39, 0.29) is 18.5 Å². The molecule has 1 aromatic carbocycles. The highest BCUT2D eigenvalue weighted by Crippen LogP contribution is 2.32. The van der Waals surface area contributed by atoms with E-state index < -0.39 is 5.60 Å². The summed E-state index contributed by atoms with van der Waals surface area (Å²) in [5.74, 6) is 0.445. The van der Waals surface area contributed by atoms with E-state index in [0.717, 1.165) is 0 Å². The van der Waals surface area contributed by atoms with Crippen LogP contribution in [0.25, 0.3) is 0 Å². The first-order chi connectivity index (χ1) is 14.2. The fourth-order valence-corrected chi connectivity index (χ4v) is 3.12. The van der Waals surface area contributed by atoms with Gasteiger partial charge in [-0.2, -0.15) is 0 Å². The Hall–Kier alpha value is -2.19. The SMILES string of the molecule is CCOCCOc1c(Cl)cccc1NCC(=O)N1CCN(C(=O)OC(C)(C)C)CC1. The number of hydrogen-bond donors (Lipinski definition) is 1. The zero-order chi connectivity index (χ0) is 22.1. The highest BCUT2D eigenvalue weighted by Gasteiger charge is 2.27. The third-order valence-corrected chi connectivity index (χ3v) is 4.66. The molecule has 1 aromatic rings. The van der Waals surface area contributed by atoms with Gasteiger partial charge in [-0.3, -0.25) is 4.79 Å². The number of carbonyl (C=O) groups excluding carboxylic acids is 2. The van der Waals surface area contributed by atoms with Gasteiger partial charge in [-0.15, -0.1) is 0 Å². The number of hydrogen-bond acceptors (Lipinski definition) is 6. The molecular formula is C21H32ClN3O5. The fraction of sp³-hybridized carbons (Fsp3) is 0.619. The Kier molecular flexibility index (Phi) is 9.05. The van der Waals surface area contributed by atoms with Crippen LogP contribution in [0.4, 0.5) is 10.5 Å². The highest BCUT2D eigenvalue weighted by atomic mass is 35.5. The molecule has 0 spiro atoms. The van der Waals surface area contributed by atoms with Crippen LogP contribution in [0.15, 0.2) is 18.2 Å². The van der Waals surface area contributed by atoms with Crippen molar-refractivity contribution in [2.75, 3.05) is 57.9 Å². The van der Waals surface area contributed by atoms with Gasteiger partial charge in [0, 0.05) is 32.8 Å². The van der Waals surface area contributed by atoms with Gasteiger partial charge in [0.2, 0.25) is 5.91 Å². The van der Waals surface area contributed by atoms with Crippen molar-refractivity contribution >= 4 is 29.3 Å². The van der Waals surface area contributed by atoms with Crippen LogP contribution in [-0.4, -0.2) is 79.9 Å². The van der Waals surface area contributed by atoms with Gasteiger partial charge >= 0.3 is 6.09 Å². The zero-order valence-electron chi connectivity index (χ0n) is 18.2. The lowest BCUT2D eigenvalue weighted by molar-refractivity contribution is -0.131. The first-order valence-corrected chi connectivity index (χ1v) is 10.6. The van der Waals surface area contributed by atoms with E-state index in [1.165, 1.54) is 0 Å². The fourth-order valence-electron chi connectivity index (χ4n) is 2.89. The lowest BCUT2D eigenvalue weighted by Crippen LogP contribution is -2.52. The van der Waals surface area contributed by atoms with Crippen molar-refractivity contribution in [1.29, 1.82) is 0 Å². The number of carbonyl (C=O) groups is 2. The van der Waals surface area contributed by atoms with E-state index in [0.29, 0.717) is 62.5 Å².